The van der Waals surface area contributed by atoms with Gasteiger partial charge in [0.2, 0.25) is 5.91 Å². The number of hydrogen-bond donors (Lipinski definition) is 12. The molecule has 3 aliphatic rings. The lowest BCUT2D eigenvalue weighted by atomic mass is 9.96. The maximum absolute atomic E-state index is 13.4. The van der Waals surface area contributed by atoms with Crippen LogP contribution in [0.2, 0.25) is 0 Å². The molecule has 3 saturated heterocycles. The molecular weight excluding hydrogens is 1060 g/mol. The Labute approximate surface area is 493 Å². The van der Waals surface area contributed by atoms with Crippen molar-refractivity contribution in [3.8, 4) is 0 Å². The van der Waals surface area contributed by atoms with Crippen LogP contribution in [0.3, 0.4) is 0 Å². The summed E-state index contributed by atoms with van der Waals surface area (Å²) in [4.78, 5) is 13.4. The van der Waals surface area contributed by atoms with Crippen LogP contribution in [-0.4, -0.2) is 193 Å². The Morgan fingerprint density at radius 3 is 1.18 bits per heavy atom. The number of aliphatic hydroxyl groups is 11. The number of aliphatic hydroxyl groups excluding tert-OH is 11. The molecule has 19 nitrogen and oxygen atoms in total. The maximum atomic E-state index is 13.4. The summed E-state index contributed by atoms with van der Waals surface area (Å²) in [5.74, 6) is -0.248. The predicted octanol–water partition coefficient (Wildman–Crippen LogP) is 7.33. The standard InChI is InChI=1S/C63H119NO18/c1-3-5-7-9-11-13-15-17-19-21-22-23-24-25-26-28-30-32-34-36-38-40-47(68)46(64-51(69)41-39-37-35-33-31-29-27-20-18-16-14-12-10-8-6-4-2)45-77-61-57(75)54(72)59(49(43-66)79-61)82-63-58(76)55(73)60(50(44-67)80-63)81-62-56(74)53(71)52(70)48(42-65)78-62/h20,27,46-50,52-63,65-68,70-76H,3-19,21-26,28-45H2,1-2H3,(H,64,69)/b27-20-. The fraction of sp³-hybridized carbons (Fsp3) is 0.952. The first-order valence-electron chi connectivity index (χ1n) is 32.9. The summed E-state index contributed by atoms with van der Waals surface area (Å²) in [6.45, 7) is 1.81. The van der Waals surface area contributed by atoms with Crippen LogP contribution in [0, 0.1) is 0 Å². The van der Waals surface area contributed by atoms with Gasteiger partial charge in [0.1, 0.15) is 73.2 Å². The molecule has 0 aromatic heterocycles. The Kier molecular flexibility index (Phi) is 42.5. The van der Waals surface area contributed by atoms with Gasteiger partial charge in [-0.3, -0.25) is 4.79 Å². The Morgan fingerprint density at radius 1 is 0.427 bits per heavy atom. The number of allylic oxidation sites excluding steroid dienone is 2. The predicted molar refractivity (Wildman–Crippen MR) is 314 cm³/mol. The quantitative estimate of drug-likeness (QED) is 0.0210. The van der Waals surface area contributed by atoms with Crippen LogP contribution in [0.1, 0.15) is 251 Å². The van der Waals surface area contributed by atoms with Crippen molar-refractivity contribution in [1.82, 2.24) is 5.32 Å². The van der Waals surface area contributed by atoms with Gasteiger partial charge in [-0.05, 0) is 38.5 Å². The Hall–Kier alpha value is -1.47. The van der Waals surface area contributed by atoms with Crippen molar-refractivity contribution in [3.05, 3.63) is 12.2 Å². The maximum Gasteiger partial charge on any atom is 0.220 e. The summed E-state index contributed by atoms with van der Waals surface area (Å²) in [7, 11) is 0. The van der Waals surface area contributed by atoms with E-state index in [9.17, 15) is 61.0 Å². The number of carbonyl (C=O) groups is 1. The highest BCUT2D eigenvalue weighted by molar-refractivity contribution is 5.76. The van der Waals surface area contributed by atoms with Gasteiger partial charge in [-0.2, -0.15) is 0 Å². The van der Waals surface area contributed by atoms with Crippen LogP contribution >= 0.6 is 0 Å². The SMILES string of the molecule is CCCCCCCCC/C=C\CCCCCCCC(=O)NC(COC1OC(CO)C(OC2OC(CO)C(OC3OC(CO)C(O)C(O)C3O)C(O)C2O)C(O)C1O)C(O)CCCCCCCCCCCCCCCCCCCCCCC. The average Bonchev–Trinajstić information content (AvgIpc) is 3.24. The van der Waals surface area contributed by atoms with Gasteiger partial charge in [0.05, 0.1) is 38.6 Å². The number of rotatable bonds is 50. The van der Waals surface area contributed by atoms with Crippen LogP contribution < -0.4 is 5.32 Å². The molecule has 0 bridgehead atoms. The van der Waals surface area contributed by atoms with Crippen molar-refractivity contribution in [3.63, 3.8) is 0 Å². The van der Waals surface area contributed by atoms with Gasteiger partial charge in [-0.25, -0.2) is 0 Å². The number of amides is 1. The molecule has 82 heavy (non-hydrogen) atoms. The second-order valence-electron chi connectivity index (χ2n) is 23.9. The molecule has 17 unspecified atom stereocenters. The number of hydrogen-bond acceptors (Lipinski definition) is 18. The monoisotopic (exact) mass is 1180 g/mol. The van der Waals surface area contributed by atoms with E-state index in [-0.39, 0.29) is 18.9 Å². The first-order chi connectivity index (χ1) is 39.8. The highest BCUT2D eigenvalue weighted by Crippen LogP contribution is 2.33. The summed E-state index contributed by atoms with van der Waals surface area (Å²) >= 11 is 0. The lowest BCUT2D eigenvalue weighted by Gasteiger charge is -2.48. The minimum absolute atomic E-state index is 0.248. The molecule has 484 valence electrons. The van der Waals surface area contributed by atoms with Crippen molar-refractivity contribution in [1.29, 1.82) is 0 Å². The minimum atomic E-state index is -1.97. The fourth-order valence-corrected chi connectivity index (χ4v) is 11.4. The third kappa shape index (κ3) is 29.5. The average molecular weight is 1180 g/mol. The topological polar surface area (TPSA) is 307 Å². The highest BCUT2D eigenvalue weighted by Gasteiger charge is 2.53. The second-order valence-corrected chi connectivity index (χ2v) is 23.9. The summed E-state index contributed by atoms with van der Waals surface area (Å²) < 4.78 is 34.4. The molecular formula is C63H119NO18. The smallest absolute Gasteiger partial charge is 0.220 e. The van der Waals surface area contributed by atoms with Gasteiger partial charge in [0.25, 0.3) is 0 Å². The molecule has 0 aromatic carbocycles. The number of unbranched alkanes of at least 4 members (excludes halogenated alkanes) is 32. The van der Waals surface area contributed by atoms with Gasteiger partial charge in [0, 0.05) is 6.42 Å². The third-order valence-corrected chi connectivity index (χ3v) is 16.8. The van der Waals surface area contributed by atoms with Gasteiger partial charge >= 0.3 is 0 Å². The molecule has 0 radical (unpaired) electrons. The van der Waals surface area contributed by atoms with E-state index >= 15 is 0 Å². The van der Waals surface area contributed by atoms with Gasteiger partial charge in [0.15, 0.2) is 18.9 Å². The van der Waals surface area contributed by atoms with Gasteiger partial charge in [-0.15, -0.1) is 0 Å². The minimum Gasteiger partial charge on any atom is -0.394 e. The number of nitrogens with one attached hydrogen (secondary N) is 1. The van der Waals surface area contributed by atoms with Crippen molar-refractivity contribution >= 4 is 5.91 Å². The third-order valence-electron chi connectivity index (χ3n) is 16.8. The Morgan fingerprint density at radius 2 is 0.768 bits per heavy atom. The molecule has 12 N–H and O–H groups in total. The van der Waals surface area contributed by atoms with Crippen LogP contribution in [0.4, 0.5) is 0 Å². The molecule has 0 saturated carbocycles. The molecule has 3 fully saturated rings. The van der Waals surface area contributed by atoms with E-state index in [0.717, 1.165) is 64.2 Å². The number of carbonyl (C=O) groups excluding carboxylic acids is 1. The largest absolute Gasteiger partial charge is 0.394 e. The first kappa shape index (κ1) is 74.8. The van der Waals surface area contributed by atoms with E-state index in [2.05, 4.69) is 31.3 Å². The molecule has 19 heteroatoms. The number of ether oxygens (including phenoxy) is 6. The molecule has 0 aliphatic carbocycles. The van der Waals surface area contributed by atoms with E-state index in [0.29, 0.717) is 12.8 Å². The molecule has 1 amide bonds. The van der Waals surface area contributed by atoms with Gasteiger partial charge < -0.3 is 89.9 Å². The van der Waals surface area contributed by atoms with Crippen LogP contribution in [0.5, 0.6) is 0 Å². The summed E-state index contributed by atoms with van der Waals surface area (Å²) in [6.07, 6.45) is 21.4. The van der Waals surface area contributed by atoms with E-state index in [4.69, 9.17) is 28.4 Å². The Balaban J connectivity index is 1.46. The zero-order valence-corrected chi connectivity index (χ0v) is 50.7. The van der Waals surface area contributed by atoms with Crippen LogP contribution in [0.15, 0.2) is 12.2 Å². The molecule has 3 aliphatic heterocycles. The lowest BCUT2D eigenvalue weighted by molar-refractivity contribution is -0.379. The normalized spacial score (nSPS) is 29.6. The lowest BCUT2D eigenvalue weighted by Crippen LogP contribution is -2.66. The van der Waals surface area contributed by atoms with E-state index in [1.807, 2.05) is 0 Å². The zero-order chi connectivity index (χ0) is 59.7. The molecule has 3 rings (SSSR count). The van der Waals surface area contributed by atoms with Crippen molar-refractivity contribution in [2.45, 2.75) is 356 Å². The van der Waals surface area contributed by atoms with Crippen molar-refractivity contribution < 1.29 is 89.4 Å². The molecule has 0 spiro atoms. The second kappa shape index (κ2) is 46.7. The molecule has 17 atom stereocenters. The van der Waals surface area contributed by atoms with Crippen molar-refractivity contribution in [2.75, 3.05) is 26.4 Å². The summed E-state index contributed by atoms with van der Waals surface area (Å²) in [5.41, 5.74) is 0. The van der Waals surface area contributed by atoms with E-state index < -0.39 is 124 Å². The summed E-state index contributed by atoms with van der Waals surface area (Å²) in [6, 6.07) is -0.888. The Bertz CT molecular complexity index is 1550. The summed E-state index contributed by atoms with van der Waals surface area (Å²) in [5, 5.41) is 120. The highest BCUT2D eigenvalue weighted by atomic mass is 16.8. The van der Waals surface area contributed by atoms with E-state index in [1.54, 1.807) is 0 Å². The fourth-order valence-electron chi connectivity index (χ4n) is 11.4. The zero-order valence-electron chi connectivity index (χ0n) is 50.7. The van der Waals surface area contributed by atoms with Crippen molar-refractivity contribution in [2.24, 2.45) is 0 Å². The first-order valence-corrected chi connectivity index (χ1v) is 32.9. The van der Waals surface area contributed by atoms with E-state index in [1.165, 1.54) is 154 Å². The van der Waals surface area contributed by atoms with Crippen LogP contribution in [0.25, 0.3) is 0 Å². The molecule has 0 aromatic rings. The molecule has 3 heterocycles. The van der Waals surface area contributed by atoms with Gasteiger partial charge in [-0.1, -0.05) is 219 Å². The van der Waals surface area contributed by atoms with Crippen LogP contribution in [-0.2, 0) is 33.2 Å².